The van der Waals surface area contributed by atoms with E-state index in [0.717, 1.165) is 11.1 Å². The van der Waals surface area contributed by atoms with E-state index in [-0.39, 0.29) is 12.7 Å². The Kier molecular flexibility index (Phi) is 4.69. The van der Waals surface area contributed by atoms with E-state index in [0.29, 0.717) is 45.2 Å². The van der Waals surface area contributed by atoms with Crippen LogP contribution < -0.4 is 14.8 Å². The van der Waals surface area contributed by atoms with Crippen molar-refractivity contribution in [2.75, 3.05) is 6.79 Å². The molecule has 0 saturated heterocycles. The van der Waals surface area contributed by atoms with E-state index in [1.807, 2.05) is 36.4 Å². The summed E-state index contributed by atoms with van der Waals surface area (Å²) in [6, 6.07) is 16.4. The minimum atomic E-state index is -0.215. The van der Waals surface area contributed by atoms with Gasteiger partial charge in [-0.2, -0.15) is 0 Å². The van der Waals surface area contributed by atoms with Crippen molar-refractivity contribution in [2.24, 2.45) is 0 Å². The van der Waals surface area contributed by atoms with Crippen molar-refractivity contribution < 1.29 is 14.3 Å². The average molecular weight is 418 g/mol. The highest BCUT2D eigenvalue weighted by atomic mass is 35.5. The van der Waals surface area contributed by atoms with Crippen LogP contribution in [0.2, 0.25) is 5.02 Å². The number of benzene rings is 2. The summed E-state index contributed by atoms with van der Waals surface area (Å²) in [6.45, 7) is 0.564. The molecule has 2 aromatic heterocycles. The first-order valence-corrected chi connectivity index (χ1v) is 9.72. The van der Waals surface area contributed by atoms with E-state index in [4.69, 9.17) is 21.1 Å². The standard InChI is InChI=1S/C23H16ClN3O3/c24-16-4-5-19-17(9-16)18(10-20(27-19)15-2-1-7-25-12-15)23(28)26-11-14-3-6-21-22(8-14)30-13-29-21/h1-10,12H,11,13H2,(H,26,28). The number of carbonyl (C=O) groups excluding carboxylic acids is 1. The first-order chi connectivity index (χ1) is 14.7. The van der Waals surface area contributed by atoms with Gasteiger partial charge in [0.25, 0.3) is 5.91 Å². The van der Waals surface area contributed by atoms with Gasteiger partial charge < -0.3 is 14.8 Å². The van der Waals surface area contributed by atoms with Crippen molar-refractivity contribution in [3.63, 3.8) is 0 Å². The van der Waals surface area contributed by atoms with Crippen molar-refractivity contribution in [2.45, 2.75) is 6.54 Å². The van der Waals surface area contributed by atoms with Gasteiger partial charge in [-0.05, 0) is 54.1 Å². The zero-order valence-corrected chi connectivity index (χ0v) is 16.5. The molecule has 2 aromatic carbocycles. The van der Waals surface area contributed by atoms with Crippen LogP contribution in [0.3, 0.4) is 0 Å². The van der Waals surface area contributed by atoms with E-state index in [2.05, 4.69) is 15.3 Å². The minimum absolute atomic E-state index is 0.214. The summed E-state index contributed by atoms with van der Waals surface area (Å²) < 4.78 is 10.7. The lowest BCUT2D eigenvalue weighted by Crippen LogP contribution is -2.23. The summed E-state index contributed by atoms with van der Waals surface area (Å²) in [4.78, 5) is 21.9. The van der Waals surface area contributed by atoms with Gasteiger partial charge in [0, 0.05) is 34.9 Å². The quantitative estimate of drug-likeness (QED) is 0.525. The van der Waals surface area contributed by atoms with Gasteiger partial charge >= 0.3 is 0 Å². The Hall–Kier alpha value is -3.64. The number of amides is 1. The number of nitrogens with one attached hydrogen (secondary N) is 1. The molecule has 4 aromatic rings. The summed E-state index contributed by atoms with van der Waals surface area (Å²) in [6.07, 6.45) is 3.42. The SMILES string of the molecule is O=C(NCc1ccc2c(c1)OCO2)c1cc(-c2cccnc2)nc2ccc(Cl)cc12. The Morgan fingerprint density at radius 3 is 2.83 bits per heavy atom. The third-order valence-electron chi connectivity index (χ3n) is 4.86. The fourth-order valence-corrected chi connectivity index (χ4v) is 3.55. The minimum Gasteiger partial charge on any atom is -0.454 e. The van der Waals surface area contributed by atoms with Crippen molar-refractivity contribution in [1.29, 1.82) is 0 Å². The Labute approximate surface area is 177 Å². The largest absolute Gasteiger partial charge is 0.454 e. The number of ether oxygens (including phenoxy) is 2. The van der Waals surface area contributed by atoms with E-state index in [1.165, 1.54) is 0 Å². The molecule has 0 fully saturated rings. The summed E-state index contributed by atoms with van der Waals surface area (Å²) in [5.41, 5.74) is 3.61. The second-order valence-corrected chi connectivity index (χ2v) is 7.26. The molecule has 0 radical (unpaired) electrons. The first-order valence-electron chi connectivity index (χ1n) is 9.35. The smallest absolute Gasteiger partial charge is 0.252 e. The number of pyridine rings is 2. The number of hydrogen-bond donors (Lipinski definition) is 1. The van der Waals surface area contributed by atoms with Crippen LogP contribution in [0.4, 0.5) is 0 Å². The van der Waals surface area contributed by atoms with Crippen LogP contribution in [0.5, 0.6) is 11.5 Å². The maximum Gasteiger partial charge on any atom is 0.252 e. The van der Waals surface area contributed by atoms with Crippen molar-refractivity contribution >= 4 is 28.4 Å². The highest BCUT2D eigenvalue weighted by Gasteiger charge is 2.16. The molecule has 0 unspecified atom stereocenters. The number of fused-ring (bicyclic) bond motifs is 2. The summed E-state index contributed by atoms with van der Waals surface area (Å²) in [5, 5.41) is 4.21. The van der Waals surface area contributed by atoms with Crippen molar-refractivity contribution in [3.05, 3.63) is 83.1 Å². The topological polar surface area (TPSA) is 73.3 Å². The molecule has 7 heteroatoms. The van der Waals surface area contributed by atoms with Gasteiger partial charge in [-0.3, -0.25) is 9.78 Å². The Balaban J connectivity index is 1.48. The van der Waals surface area contributed by atoms with Gasteiger partial charge in [0.05, 0.1) is 16.8 Å². The lowest BCUT2D eigenvalue weighted by atomic mass is 10.0. The highest BCUT2D eigenvalue weighted by molar-refractivity contribution is 6.31. The lowest BCUT2D eigenvalue weighted by molar-refractivity contribution is 0.0952. The van der Waals surface area contributed by atoms with E-state index in [9.17, 15) is 4.79 Å². The molecule has 1 aliphatic rings. The second kappa shape index (κ2) is 7.65. The molecule has 6 nitrogen and oxygen atoms in total. The molecule has 0 saturated carbocycles. The maximum atomic E-state index is 13.1. The predicted molar refractivity (Wildman–Crippen MR) is 114 cm³/mol. The number of aromatic nitrogens is 2. The third kappa shape index (κ3) is 3.53. The predicted octanol–water partition coefficient (Wildman–Crippen LogP) is 4.61. The molecule has 5 rings (SSSR count). The van der Waals surface area contributed by atoms with Crippen LogP contribution >= 0.6 is 11.6 Å². The molecule has 0 bridgehead atoms. The molecule has 1 N–H and O–H groups in total. The van der Waals surface area contributed by atoms with E-state index in [1.54, 1.807) is 30.6 Å². The monoisotopic (exact) mass is 417 g/mol. The van der Waals surface area contributed by atoms with E-state index < -0.39 is 0 Å². The molecular formula is C23H16ClN3O3. The van der Waals surface area contributed by atoms with Gasteiger partial charge in [-0.15, -0.1) is 0 Å². The molecule has 0 spiro atoms. The molecular weight excluding hydrogens is 402 g/mol. The van der Waals surface area contributed by atoms with Crippen LogP contribution in [0, 0.1) is 0 Å². The fraction of sp³-hybridized carbons (Fsp3) is 0.0870. The normalized spacial score (nSPS) is 12.2. The van der Waals surface area contributed by atoms with Gasteiger partial charge in [0.15, 0.2) is 11.5 Å². The molecule has 148 valence electrons. The molecule has 30 heavy (non-hydrogen) atoms. The first kappa shape index (κ1) is 18.4. The molecule has 0 atom stereocenters. The number of halogens is 1. The second-order valence-electron chi connectivity index (χ2n) is 6.83. The van der Waals surface area contributed by atoms with Gasteiger partial charge in [0.2, 0.25) is 6.79 Å². The Morgan fingerprint density at radius 2 is 1.97 bits per heavy atom. The summed E-state index contributed by atoms with van der Waals surface area (Å²) in [7, 11) is 0. The molecule has 1 aliphatic heterocycles. The molecule has 0 aliphatic carbocycles. The van der Waals surface area contributed by atoms with Crippen LogP contribution in [-0.2, 0) is 6.54 Å². The number of carbonyl (C=O) groups is 1. The summed E-state index contributed by atoms with van der Waals surface area (Å²) in [5.74, 6) is 1.18. The van der Waals surface area contributed by atoms with Gasteiger partial charge in [0.1, 0.15) is 0 Å². The zero-order valence-electron chi connectivity index (χ0n) is 15.8. The van der Waals surface area contributed by atoms with Crippen LogP contribution in [0.1, 0.15) is 15.9 Å². The number of rotatable bonds is 4. The fourth-order valence-electron chi connectivity index (χ4n) is 3.38. The zero-order chi connectivity index (χ0) is 20.5. The van der Waals surface area contributed by atoms with Crippen LogP contribution in [-0.4, -0.2) is 22.7 Å². The van der Waals surface area contributed by atoms with Crippen LogP contribution in [0.25, 0.3) is 22.2 Å². The summed E-state index contributed by atoms with van der Waals surface area (Å²) >= 11 is 6.18. The van der Waals surface area contributed by atoms with Gasteiger partial charge in [-0.1, -0.05) is 17.7 Å². The van der Waals surface area contributed by atoms with Crippen LogP contribution in [0.15, 0.2) is 67.0 Å². The lowest BCUT2D eigenvalue weighted by Gasteiger charge is -2.11. The van der Waals surface area contributed by atoms with Crippen molar-refractivity contribution in [1.82, 2.24) is 15.3 Å². The number of hydrogen-bond acceptors (Lipinski definition) is 5. The Bertz CT molecular complexity index is 1260. The maximum absolute atomic E-state index is 13.1. The Morgan fingerprint density at radius 1 is 1.07 bits per heavy atom. The van der Waals surface area contributed by atoms with E-state index >= 15 is 0 Å². The van der Waals surface area contributed by atoms with Gasteiger partial charge in [-0.25, -0.2) is 4.98 Å². The third-order valence-corrected chi connectivity index (χ3v) is 5.10. The number of nitrogens with zero attached hydrogens (tertiary/aromatic N) is 2. The highest BCUT2D eigenvalue weighted by Crippen LogP contribution is 2.32. The average Bonchev–Trinajstić information content (AvgIpc) is 3.25. The molecule has 3 heterocycles. The molecule has 1 amide bonds. The van der Waals surface area contributed by atoms with Crippen molar-refractivity contribution in [3.8, 4) is 22.8 Å².